The Morgan fingerprint density at radius 3 is 2.56 bits per heavy atom. The maximum Gasteiger partial charge on any atom is 0.271 e. The van der Waals surface area contributed by atoms with E-state index >= 15 is 0 Å². The Hall–Kier alpha value is -3.23. The number of carbonyl (C=O) groups excluding carboxylic acids is 1. The summed E-state index contributed by atoms with van der Waals surface area (Å²) in [5, 5.41) is 14.6. The third kappa shape index (κ3) is 3.97. The van der Waals surface area contributed by atoms with E-state index in [1.807, 2.05) is 0 Å². The van der Waals surface area contributed by atoms with Gasteiger partial charge in [0.05, 0.1) is 16.9 Å². The first kappa shape index (κ1) is 18.6. The van der Waals surface area contributed by atoms with Gasteiger partial charge in [-0.25, -0.2) is 5.43 Å². The zero-order valence-corrected chi connectivity index (χ0v) is 15.3. The third-order valence-electron chi connectivity index (χ3n) is 3.61. The Labute approximate surface area is 163 Å². The zero-order chi connectivity index (χ0) is 19.4. The monoisotopic (exact) mass is 400 g/mol. The van der Waals surface area contributed by atoms with Crippen molar-refractivity contribution in [2.75, 3.05) is 0 Å². The Balaban J connectivity index is 1.96. The smallest absolute Gasteiger partial charge is 0.271 e. The molecular formula is C18H13ClN4O3S. The highest BCUT2D eigenvalue weighted by atomic mass is 35.5. The van der Waals surface area contributed by atoms with Gasteiger partial charge in [-0.3, -0.25) is 19.1 Å². The van der Waals surface area contributed by atoms with Crippen molar-refractivity contribution < 1.29 is 9.90 Å². The van der Waals surface area contributed by atoms with Crippen LogP contribution >= 0.6 is 23.8 Å². The second-order valence-electron chi connectivity index (χ2n) is 5.35. The van der Waals surface area contributed by atoms with Crippen LogP contribution in [0.1, 0.15) is 15.9 Å². The average Bonchev–Trinajstić information content (AvgIpc) is 2.66. The Bertz CT molecular complexity index is 1140. The molecule has 0 aliphatic heterocycles. The summed E-state index contributed by atoms with van der Waals surface area (Å²) in [6.07, 6.45) is 1.04. The number of carbonyl (C=O) groups is 1. The molecular weight excluding hydrogens is 388 g/mol. The molecule has 3 rings (SSSR count). The molecule has 0 aliphatic carbocycles. The van der Waals surface area contributed by atoms with E-state index in [1.165, 1.54) is 4.57 Å². The van der Waals surface area contributed by atoms with E-state index in [1.54, 1.807) is 54.6 Å². The van der Waals surface area contributed by atoms with Gasteiger partial charge in [0, 0.05) is 5.56 Å². The number of hydrazone groups is 1. The molecule has 2 aromatic carbocycles. The van der Waals surface area contributed by atoms with Gasteiger partial charge in [0.2, 0.25) is 5.88 Å². The lowest BCUT2D eigenvalue weighted by molar-refractivity contribution is 0.0955. The third-order valence-corrected chi connectivity index (χ3v) is 4.21. The summed E-state index contributed by atoms with van der Waals surface area (Å²) in [7, 11) is 0. The zero-order valence-electron chi connectivity index (χ0n) is 13.7. The minimum Gasteiger partial charge on any atom is -0.494 e. The van der Waals surface area contributed by atoms with Crippen LogP contribution in [-0.4, -0.2) is 26.8 Å². The SMILES string of the molecule is O=C(N/N=C\c1c(O)n(-c2ccccc2Cl)c(=S)[nH]c1=O)c1ccccc1. The fourth-order valence-corrected chi connectivity index (χ4v) is 2.82. The first-order valence-corrected chi connectivity index (χ1v) is 8.49. The summed E-state index contributed by atoms with van der Waals surface area (Å²) in [6.45, 7) is 0. The topological polar surface area (TPSA) is 99.5 Å². The molecule has 0 radical (unpaired) electrons. The van der Waals surface area contributed by atoms with Gasteiger partial charge in [0.1, 0.15) is 5.56 Å². The van der Waals surface area contributed by atoms with E-state index in [4.69, 9.17) is 23.8 Å². The van der Waals surface area contributed by atoms with Crippen molar-refractivity contribution in [2.24, 2.45) is 5.10 Å². The Kier molecular flexibility index (Phi) is 5.49. The van der Waals surface area contributed by atoms with Crippen LogP contribution in [0.4, 0.5) is 0 Å². The van der Waals surface area contributed by atoms with Crippen LogP contribution < -0.4 is 11.0 Å². The number of nitrogens with one attached hydrogen (secondary N) is 2. The number of para-hydroxylation sites is 1. The number of halogens is 1. The molecule has 1 aromatic heterocycles. The standard InChI is InChI=1S/C18H13ClN4O3S/c19-13-8-4-5-9-14(13)23-17(26)12(16(25)21-18(23)27)10-20-22-15(24)11-6-2-1-3-7-11/h1-10,26H,(H,22,24)(H,21,25,27)/b20-10-. The molecule has 7 nitrogen and oxygen atoms in total. The van der Waals surface area contributed by atoms with Gasteiger partial charge < -0.3 is 5.11 Å². The second-order valence-corrected chi connectivity index (χ2v) is 6.14. The molecule has 0 atom stereocenters. The van der Waals surface area contributed by atoms with Crippen LogP contribution in [0.3, 0.4) is 0 Å². The van der Waals surface area contributed by atoms with E-state index in [2.05, 4.69) is 15.5 Å². The predicted octanol–water partition coefficient (Wildman–Crippen LogP) is 3.02. The molecule has 3 N–H and O–H groups in total. The number of amides is 1. The maximum absolute atomic E-state index is 12.1. The maximum atomic E-state index is 12.1. The second kappa shape index (κ2) is 7.98. The van der Waals surface area contributed by atoms with Gasteiger partial charge in [-0.1, -0.05) is 41.9 Å². The molecule has 1 heterocycles. The van der Waals surface area contributed by atoms with Crippen molar-refractivity contribution in [3.63, 3.8) is 0 Å². The van der Waals surface area contributed by atoms with Crippen LogP contribution in [0, 0.1) is 4.77 Å². The lowest BCUT2D eigenvalue weighted by Crippen LogP contribution is -2.21. The van der Waals surface area contributed by atoms with Crippen LogP contribution in [0.25, 0.3) is 5.69 Å². The highest BCUT2D eigenvalue weighted by Gasteiger charge is 2.14. The van der Waals surface area contributed by atoms with E-state index in [0.29, 0.717) is 16.3 Å². The van der Waals surface area contributed by atoms with Crippen LogP contribution in [-0.2, 0) is 0 Å². The van der Waals surface area contributed by atoms with Crippen molar-refractivity contribution in [1.82, 2.24) is 15.0 Å². The van der Waals surface area contributed by atoms with Gasteiger partial charge in [0.15, 0.2) is 4.77 Å². The number of aromatic hydroxyl groups is 1. The molecule has 0 saturated heterocycles. The molecule has 0 spiro atoms. The minimum absolute atomic E-state index is 0.0314. The van der Waals surface area contributed by atoms with E-state index in [0.717, 1.165) is 6.21 Å². The molecule has 0 saturated carbocycles. The highest BCUT2D eigenvalue weighted by Crippen LogP contribution is 2.24. The number of aromatic nitrogens is 2. The molecule has 1 amide bonds. The lowest BCUT2D eigenvalue weighted by Gasteiger charge is -2.12. The van der Waals surface area contributed by atoms with Gasteiger partial charge in [-0.15, -0.1) is 0 Å². The van der Waals surface area contributed by atoms with Crippen molar-refractivity contribution in [3.05, 3.63) is 85.9 Å². The van der Waals surface area contributed by atoms with Crippen LogP contribution in [0.5, 0.6) is 5.88 Å². The quantitative estimate of drug-likeness (QED) is 0.356. The first-order chi connectivity index (χ1) is 13.0. The Morgan fingerprint density at radius 2 is 1.85 bits per heavy atom. The van der Waals surface area contributed by atoms with Crippen molar-refractivity contribution >= 4 is 35.9 Å². The Morgan fingerprint density at radius 1 is 1.19 bits per heavy atom. The van der Waals surface area contributed by atoms with Gasteiger partial charge >= 0.3 is 0 Å². The summed E-state index contributed by atoms with van der Waals surface area (Å²) >= 11 is 11.3. The van der Waals surface area contributed by atoms with E-state index in [-0.39, 0.29) is 10.3 Å². The minimum atomic E-state index is -0.654. The molecule has 9 heteroatoms. The highest BCUT2D eigenvalue weighted by molar-refractivity contribution is 7.71. The fraction of sp³-hybridized carbons (Fsp3) is 0. The molecule has 0 unspecified atom stereocenters. The molecule has 0 aliphatic rings. The molecule has 136 valence electrons. The van der Waals surface area contributed by atoms with Gasteiger partial charge in [-0.05, 0) is 36.5 Å². The largest absolute Gasteiger partial charge is 0.494 e. The van der Waals surface area contributed by atoms with Crippen molar-refractivity contribution in [2.45, 2.75) is 0 Å². The molecule has 0 bridgehead atoms. The number of benzene rings is 2. The molecule has 3 aromatic rings. The number of aromatic amines is 1. The van der Waals surface area contributed by atoms with Crippen LogP contribution in [0.2, 0.25) is 5.02 Å². The summed E-state index contributed by atoms with van der Waals surface area (Å²) in [6, 6.07) is 15.1. The number of nitrogens with zero attached hydrogens (tertiary/aromatic N) is 2. The van der Waals surface area contributed by atoms with E-state index in [9.17, 15) is 14.7 Å². The normalized spacial score (nSPS) is 10.9. The summed E-state index contributed by atoms with van der Waals surface area (Å²) in [5.41, 5.74) is 2.25. The fourth-order valence-electron chi connectivity index (χ4n) is 2.32. The molecule has 27 heavy (non-hydrogen) atoms. The predicted molar refractivity (Wildman–Crippen MR) is 105 cm³/mol. The van der Waals surface area contributed by atoms with Gasteiger partial charge in [0.25, 0.3) is 11.5 Å². The van der Waals surface area contributed by atoms with Crippen molar-refractivity contribution in [3.8, 4) is 11.6 Å². The summed E-state index contributed by atoms with van der Waals surface area (Å²) < 4.78 is 1.18. The van der Waals surface area contributed by atoms with Crippen LogP contribution in [0.15, 0.2) is 64.5 Å². The number of rotatable bonds is 4. The lowest BCUT2D eigenvalue weighted by atomic mass is 10.2. The van der Waals surface area contributed by atoms with E-state index < -0.39 is 17.3 Å². The summed E-state index contributed by atoms with van der Waals surface area (Å²) in [4.78, 5) is 26.6. The number of H-pyrrole nitrogens is 1. The number of hydrogen-bond acceptors (Lipinski definition) is 5. The number of hydrogen-bond donors (Lipinski definition) is 3. The first-order valence-electron chi connectivity index (χ1n) is 7.70. The molecule has 0 fully saturated rings. The van der Waals surface area contributed by atoms with Gasteiger partial charge in [-0.2, -0.15) is 5.10 Å². The van der Waals surface area contributed by atoms with Crippen molar-refractivity contribution in [1.29, 1.82) is 0 Å². The summed E-state index contributed by atoms with van der Waals surface area (Å²) in [5.74, 6) is -0.906. The average molecular weight is 401 g/mol.